The Kier molecular flexibility index (Phi) is 4.98. The van der Waals surface area contributed by atoms with Gasteiger partial charge in [0, 0.05) is 11.4 Å². The molecule has 0 aliphatic carbocycles. The number of quaternary nitrogens is 1. The molecule has 140 valence electrons. The minimum atomic E-state index is -0.451. The normalized spacial score (nSPS) is 16.4. The number of thioether (sulfide) groups is 1. The van der Waals surface area contributed by atoms with Gasteiger partial charge in [-0.05, 0) is 29.8 Å². The number of halogens is 1. The summed E-state index contributed by atoms with van der Waals surface area (Å²) in [6.45, 7) is 1.90. The standard InChI is InChI=1S/C18H17ClN4O2S2/c1-22-7-6-12-13(8-22)27-16-15(12)17(25)23(11-4-2-10(19)3-5-11)18(21-16)26-9-14(20)24/h2-5H,6-9H2,1H3,(H2,20,24)/p+1. The summed E-state index contributed by atoms with van der Waals surface area (Å²) in [5.41, 5.74) is 6.99. The highest BCUT2D eigenvalue weighted by molar-refractivity contribution is 7.99. The van der Waals surface area contributed by atoms with Crippen LogP contribution in [0.3, 0.4) is 0 Å². The molecule has 3 heterocycles. The smallest absolute Gasteiger partial charge is 0.267 e. The fourth-order valence-corrected chi connectivity index (χ4v) is 5.54. The number of nitrogens with one attached hydrogen (secondary N) is 1. The highest BCUT2D eigenvalue weighted by Crippen LogP contribution is 2.31. The number of hydrogen-bond acceptors (Lipinski definition) is 5. The van der Waals surface area contributed by atoms with E-state index in [4.69, 9.17) is 22.3 Å². The van der Waals surface area contributed by atoms with Crippen LogP contribution in [0.2, 0.25) is 5.02 Å². The molecule has 0 saturated heterocycles. The molecule has 1 amide bonds. The Morgan fingerprint density at radius 2 is 2.15 bits per heavy atom. The molecule has 1 aromatic carbocycles. The molecule has 0 radical (unpaired) electrons. The van der Waals surface area contributed by atoms with E-state index in [1.54, 1.807) is 40.2 Å². The number of likely N-dealkylation sites (N-methyl/N-ethyl adjacent to an activating group) is 1. The Balaban J connectivity index is 1.96. The number of amides is 1. The topological polar surface area (TPSA) is 82.4 Å². The fourth-order valence-electron chi connectivity index (χ4n) is 3.29. The van der Waals surface area contributed by atoms with Crippen LogP contribution in [-0.2, 0) is 17.8 Å². The van der Waals surface area contributed by atoms with E-state index in [9.17, 15) is 9.59 Å². The predicted octanol–water partition coefficient (Wildman–Crippen LogP) is 1.25. The van der Waals surface area contributed by atoms with Gasteiger partial charge in [0.05, 0.1) is 35.3 Å². The van der Waals surface area contributed by atoms with Crippen LogP contribution < -0.4 is 16.2 Å². The maximum atomic E-state index is 13.5. The van der Waals surface area contributed by atoms with Crippen LogP contribution in [-0.4, -0.2) is 34.8 Å². The van der Waals surface area contributed by atoms with Crippen molar-refractivity contribution in [2.24, 2.45) is 5.73 Å². The first-order chi connectivity index (χ1) is 12.9. The summed E-state index contributed by atoms with van der Waals surface area (Å²) in [4.78, 5) is 32.8. The van der Waals surface area contributed by atoms with Crippen molar-refractivity contribution in [2.45, 2.75) is 18.1 Å². The second-order valence-electron chi connectivity index (χ2n) is 6.58. The number of thiophene rings is 1. The van der Waals surface area contributed by atoms with Crippen LogP contribution in [0.5, 0.6) is 0 Å². The molecule has 27 heavy (non-hydrogen) atoms. The van der Waals surface area contributed by atoms with Gasteiger partial charge in [-0.2, -0.15) is 0 Å². The predicted molar refractivity (Wildman–Crippen MR) is 109 cm³/mol. The quantitative estimate of drug-likeness (QED) is 0.490. The number of carbonyl (C=O) groups is 1. The summed E-state index contributed by atoms with van der Waals surface area (Å²) < 4.78 is 1.56. The van der Waals surface area contributed by atoms with Crippen LogP contribution in [0.1, 0.15) is 10.4 Å². The van der Waals surface area contributed by atoms with Crippen molar-refractivity contribution < 1.29 is 9.69 Å². The van der Waals surface area contributed by atoms with Gasteiger partial charge in [0.15, 0.2) is 5.16 Å². The second kappa shape index (κ2) is 7.27. The minimum Gasteiger partial charge on any atom is -0.369 e. The zero-order chi connectivity index (χ0) is 19.1. The summed E-state index contributed by atoms with van der Waals surface area (Å²) in [6, 6.07) is 7.03. The molecule has 2 aromatic heterocycles. The van der Waals surface area contributed by atoms with Crippen LogP contribution in [0, 0.1) is 0 Å². The number of benzene rings is 1. The van der Waals surface area contributed by atoms with Gasteiger partial charge in [-0.25, -0.2) is 4.98 Å². The van der Waals surface area contributed by atoms with E-state index in [0.717, 1.165) is 29.9 Å². The summed E-state index contributed by atoms with van der Waals surface area (Å²) >= 11 is 8.75. The number of nitrogens with zero attached hydrogens (tertiary/aromatic N) is 2. The molecule has 3 N–H and O–H groups in total. The minimum absolute atomic E-state index is 0.0590. The third kappa shape index (κ3) is 3.50. The second-order valence-corrected chi connectivity index (χ2v) is 9.05. The molecule has 9 heteroatoms. The summed E-state index contributed by atoms with van der Waals surface area (Å²) in [5, 5.41) is 1.75. The Hall–Kier alpha value is -1.87. The van der Waals surface area contributed by atoms with Crippen molar-refractivity contribution in [3.63, 3.8) is 0 Å². The van der Waals surface area contributed by atoms with Gasteiger partial charge in [-0.1, -0.05) is 23.4 Å². The first kappa shape index (κ1) is 18.5. The van der Waals surface area contributed by atoms with E-state index in [1.807, 2.05) is 0 Å². The third-order valence-corrected chi connectivity index (χ3v) is 6.91. The number of aromatic nitrogens is 2. The molecule has 3 aromatic rings. The van der Waals surface area contributed by atoms with Crippen molar-refractivity contribution in [1.82, 2.24) is 9.55 Å². The fraction of sp³-hybridized carbons (Fsp3) is 0.278. The van der Waals surface area contributed by atoms with Crippen molar-refractivity contribution >= 4 is 50.8 Å². The number of nitrogens with two attached hydrogens (primary N) is 1. The lowest BCUT2D eigenvalue weighted by Crippen LogP contribution is -3.08. The van der Waals surface area contributed by atoms with Crippen LogP contribution in [0.4, 0.5) is 0 Å². The molecule has 1 aliphatic heterocycles. The lowest BCUT2D eigenvalue weighted by Gasteiger charge is -2.19. The average molecular weight is 422 g/mol. The maximum absolute atomic E-state index is 13.5. The Morgan fingerprint density at radius 3 is 2.85 bits per heavy atom. The number of primary amides is 1. The van der Waals surface area contributed by atoms with E-state index < -0.39 is 5.91 Å². The van der Waals surface area contributed by atoms with Crippen LogP contribution in [0.15, 0.2) is 34.2 Å². The first-order valence-electron chi connectivity index (χ1n) is 8.49. The Bertz CT molecular complexity index is 1090. The molecular formula is C18H18ClN4O2S2+. The summed E-state index contributed by atoms with van der Waals surface area (Å²) in [7, 11) is 2.15. The molecule has 1 unspecified atom stereocenters. The highest BCUT2D eigenvalue weighted by Gasteiger charge is 2.26. The Morgan fingerprint density at radius 1 is 1.41 bits per heavy atom. The first-order valence-corrected chi connectivity index (χ1v) is 10.7. The third-order valence-electron chi connectivity index (χ3n) is 4.57. The largest absolute Gasteiger partial charge is 0.369 e. The molecule has 1 aliphatic rings. The van der Waals surface area contributed by atoms with Gasteiger partial charge in [0.2, 0.25) is 5.91 Å². The van der Waals surface area contributed by atoms with E-state index in [1.165, 1.54) is 21.5 Å². The maximum Gasteiger partial charge on any atom is 0.267 e. The van der Waals surface area contributed by atoms with Gasteiger partial charge in [0.1, 0.15) is 11.4 Å². The van der Waals surface area contributed by atoms with E-state index in [2.05, 4.69) is 7.05 Å². The van der Waals surface area contributed by atoms with Crippen molar-refractivity contribution in [3.8, 4) is 5.69 Å². The van der Waals surface area contributed by atoms with Gasteiger partial charge in [-0.15, -0.1) is 11.3 Å². The Labute approximate surface area is 168 Å². The van der Waals surface area contributed by atoms with Crippen molar-refractivity contribution in [1.29, 1.82) is 0 Å². The number of rotatable bonds is 4. The number of hydrogen-bond donors (Lipinski definition) is 2. The van der Waals surface area contributed by atoms with E-state index >= 15 is 0 Å². The van der Waals surface area contributed by atoms with Gasteiger partial charge < -0.3 is 10.6 Å². The van der Waals surface area contributed by atoms with Crippen LogP contribution in [0.25, 0.3) is 15.9 Å². The average Bonchev–Trinajstić information content (AvgIpc) is 2.98. The molecule has 4 rings (SSSR count). The number of carbonyl (C=O) groups excluding carboxylic acids is 1. The molecule has 0 fully saturated rings. The monoisotopic (exact) mass is 421 g/mol. The van der Waals surface area contributed by atoms with Crippen molar-refractivity contribution in [2.75, 3.05) is 19.3 Å². The van der Waals surface area contributed by atoms with Crippen molar-refractivity contribution in [3.05, 3.63) is 50.1 Å². The van der Waals surface area contributed by atoms with Gasteiger partial charge in [0.25, 0.3) is 5.56 Å². The SMILES string of the molecule is C[NH+]1CCc2c(sc3nc(SCC(N)=O)n(-c4ccc(Cl)cc4)c(=O)c23)C1. The molecule has 1 atom stereocenters. The summed E-state index contributed by atoms with van der Waals surface area (Å²) in [5.74, 6) is -0.392. The zero-order valence-corrected chi connectivity index (χ0v) is 17.0. The van der Waals surface area contributed by atoms with Gasteiger partial charge in [-0.3, -0.25) is 14.2 Å². The molecular weight excluding hydrogens is 404 g/mol. The van der Waals surface area contributed by atoms with E-state index in [-0.39, 0.29) is 11.3 Å². The molecule has 0 bridgehead atoms. The van der Waals surface area contributed by atoms with E-state index in [0.29, 0.717) is 21.3 Å². The summed E-state index contributed by atoms with van der Waals surface area (Å²) in [6.07, 6.45) is 0.868. The lowest BCUT2D eigenvalue weighted by atomic mass is 10.1. The molecule has 0 saturated carbocycles. The highest BCUT2D eigenvalue weighted by atomic mass is 35.5. The molecule has 6 nitrogen and oxygen atoms in total. The van der Waals surface area contributed by atoms with Gasteiger partial charge >= 0.3 is 0 Å². The lowest BCUT2D eigenvalue weighted by molar-refractivity contribution is -0.895. The zero-order valence-electron chi connectivity index (χ0n) is 14.6. The van der Waals surface area contributed by atoms with Crippen LogP contribution >= 0.6 is 34.7 Å². The molecule has 0 spiro atoms. The number of fused-ring (bicyclic) bond motifs is 3.